The number of imide groups is 1. The maximum absolute atomic E-state index is 13.0. The molecule has 1 aromatic rings. The van der Waals surface area contributed by atoms with E-state index in [1.807, 2.05) is 20.8 Å². The molecule has 30 heavy (non-hydrogen) atoms. The number of nitrogens with one attached hydrogen (secondary N) is 2. The predicted molar refractivity (Wildman–Crippen MR) is 114 cm³/mol. The fourth-order valence-corrected chi connectivity index (χ4v) is 5.61. The number of thiophene rings is 1. The number of aryl methyl sites for hydroxylation is 1. The highest BCUT2D eigenvalue weighted by atomic mass is 32.1. The van der Waals surface area contributed by atoms with E-state index in [4.69, 9.17) is 4.74 Å². The van der Waals surface area contributed by atoms with Crippen LogP contribution in [-0.2, 0) is 20.7 Å². The van der Waals surface area contributed by atoms with Crippen molar-refractivity contribution in [1.29, 1.82) is 0 Å². The molecule has 4 amide bonds. The number of carbonyl (C=O) groups is 4. The average Bonchev–Trinajstić information content (AvgIpc) is 3.13. The molecular weight excluding hydrogens is 406 g/mol. The number of ether oxygens (including phenoxy) is 1. The number of amides is 4. The zero-order valence-corrected chi connectivity index (χ0v) is 18.7. The first-order valence-corrected chi connectivity index (χ1v) is 11.3. The van der Waals surface area contributed by atoms with Gasteiger partial charge in [0.2, 0.25) is 5.91 Å². The molecule has 1 saturated carbocycles. The molecule has 1 spiro atoms. The van der Waals surface area contributed by atoms with Gasteiger partial charge in [0.1, 0.15) is 17.1 Å². The van der Waals surface area contributed by atoms with Gasteiger partial charge in [0.05, 0.1) is 12.2 Å². The molecule has 2 fully saturated rings. The predicted octanol–water partition coefficient (Wildman–Crippen LogP) is 3.23. The molecule has 2 atom stereocenters. The van der Waals surface area contributed by atoms with Crippen molar-refractivity contribution in [3.05, 3.63) is 16.0 Å². The van der Waals surface area contributed by atoms with E-state index in [9.17, 15) is 19.2 Å². The molecule has 0 bridgehead atoms. The van der Waals surface area contributed by atoms with Crippen molar-refractivity contribution in [1.82, 2.24) is 10.2 Å². The van der Waals surface area contributed by atoms with Gasteiger partial charge in [0.15, 0.2) is 0 Å². The van der Waals surface area contributed by atoms with Gasteiger partial charge in [-0.1, -0.05) is 26.7 Å². The zero-order chi connectivity index (χ0) is 22.1. The summed E-state index contributed by atoms with van der Waals surface area (Å²) in [6, 6.07) is -0.536. The van der Waals surface area contributed by atoms with Crippen LogP contribution >= 0.6 is 11.3 Å². The van der Waals surface area contributed by atoms with Gasteiger partial charge in [-0.25, -0.2) is 9.59 Å². The first-order valence-electron chi connectivity index (χ1n) is 10.5. The third kappa shape index (κ3) is 3.82. The Balaban J connectivity index is 1.77. The molecule has 1 aliphatic carbocycles. The van der Waals surface area contributed by atoms with Crippen molar-refractivity contribution in [2.24, 2.45) is 5.92 Å². The summed E-state index contributed by atoms with van der Waals surface area (Å²) in [7, 11) is 0. The van der Waals surface area contributed by atoms with Crippen molar-refractivity contribution in [3.63, 3.8) is 0 Å². The number of rotatable bonds is 6. The van der Waals surface area contributed by atoms with Crippen LogP contribution in [0.1, 0.15) is 67.3 Å². The molecule has 2 N–H and O–H groups in total. The summed E-state index contributed by atoms with van der Waals surface area (Å²) in [5, 5.41) is 5.95. The van der Waals surface area contributed by atoms with Crippen LogP contribution in [0.15, 0.2) is 0 Å². The summed E-state index contributed by atoms with van der Waals surface area (Å²) in [5.74, 6) is -1.32. The van der Waals surface area contributed by atoms with Crippen LogP contribution in [0.2, 0.25) is 0 Å². The molecule has 0 radical (unpaired) electrons. The molecule has 2 heterocycles. The normalized spacial score (nSPS) is 23.6. The van der Waals surface area contributed by atoms with E-state index < -0.39 is 23.4 Å². The van der Waals surface area contributed by atoms with Gasteiger partial charge in [-0.3, -0.25) is 14.5 Å². The van der Waals surface area contributed by atoms with Crippen molar-refractivity contribution in [3.8, 4) is 0 Å². The van der Waals surface area contributed by atoms with E-state index in [0.717, 1.165) is 34.6 Å². The molecule has 1 aliphatic heterocycles. The fourth-order valence-electron chi connectivity index (χ4n) is 4.46. The molecule has 164 valence electrons. The van der Waals surface area contributed by atoms with E-state index in [0.29, 0.717) is 23.4 Å². The van der Waals surface area contributed by atoms with Crippen molar-refractivity contribution in [2.45, 2.75) is 65.3 Å². The Morgan fingerprint density at radius 1 is 1.30 bits per heavy atom. The van der Waals surface area contributed by atoms with Crippen molar-refractivity contribution in [2.75, 3.05) is 18.5 Å². The number of hydrogen-bond donors (Lipinski definition) is 2. The molecular formula is C21H29N3O5S. The third-order valence-corrected chi connectivity index (χ3v) is 7.16. The Kier molecular flexibility index (Phi) is 6.50. The van der Waals surface area contributed by atoms with Gasteiger partial charge in [-0.2, -0.15) is 0 Å². The Bertz CT molecular complexity index is 880. The molecule has 0 unspecified atom stereocenters. The van der Waals surface area contributed by atoms with Crippen LogP contribution in [0.5, 0.6) is 0 Å². The monoisotopic (exact) mass is 435 g/mol. The van der Waals surface area contributed by atoms with Crippen molar-refractivity contribution >= 4 is 40.2 Å². The summed E-state index contributed by atoms with van der Waals surface area (Å²) >= 11 is 1.29. The van der Waals surface area contributed by atoms with Gasteiger partial charge in [0.25, 0.3) is 5.91 Å². The zero-order valence-electron chi connectivity index (χ0n) is 17.9. The van der Waals surface area contributed by atoms with Gasteiger partial charge < -0.3 is 15.4 Å². The van der Waals surface area contributed by atoms with Gasteiger partial charge in [-0.05, 0) is 44.6 Å². The van der Waals surface area contributed by atoms with Gasteiger partial charge in [0, 0.05) is 4.88 Å². The highest BCUT2D eigenvalue weighted by Gasteiger charge is 2.55. The van der Waals surface area contributed by atoms with E-state index in [-0.39, 0.29) is 25.0 Å². The fraction of sp³-hybridized carbons (Fsp3) is 0.619. The van der Waals surface area contributed by atoms with E-state index in [1.54, 1.807) is 6.92 Å². The van der Waals surface area contributed by atoms with Crippen LogP contribution in [-0.4, -0.2) is 47.4 Å². The second-order valence-corrected chi connectivity index (χ2v) is 9.13. The summed E-state index contributed by atoms with van der Waals surface area (Å²) < 4.78 is 5.15. The van der Waals surface area contributed by atoms with E-state index >= 15 is 0 Å². The summed E-state index contributed by atoms with van der Waals surface area (Å²) in [6.45, 7) is 7.34. The summed E-state index contributed by atoms with van der Waals surface area (Å²) in [6.07, 6.45) is 3.98. The SMILES string of the molecule is CCOC(=O)c1c(NC(=O)CN2C(=O)N[C@@]3(CCCC[C@@H]3C)C2=O)sc(C)c1CC. The highest BCUT2D eigenvalue weighted by molar-refractivity contribution is 7.16. The molecule has 3 rings (SSSR count). The second kappa shape index (κ2) is 8.75. The smallest absolute Gasteiger partial charge is 0.341 e. The minimum atomic E-state index is -0.902. The van der Waals surface area contributed by atoms with Crippen LogP contribution in [0, 0.1) is 12.8 Å². The highest BCUT2D eigenvalue weighted by Crippen LogP contribution is 2.38. The Morgan fingerprint density at radius 2 is 2.03 bits per heavy atom. The van der Waals surface area contributed by atoms with Crippen LogP contribution < -0.4 is 10.6 Å². The lowest BCUT2D eigenvalue weighted by atomic mass is 9.73. The minimum Gasteiger partial charge on any atom is -0.462 e. The maximum Gasteiger partial charge on any atom is 0.341 e. The van der Waals surface area contributed by atoms with Crippen LogP contribution in [0.4, 0.5) is 9.80 Å². The van der Waals surface area contributed by atoms with E-state index in [2.05, 4.69) is 10.6 Å². The van der Waals surface area contributed by atoms with Gasteiger partial charge >= 0.3 is 12.0 Å². The molecule has 2 aliphatic rings. The number of urea groups is 1. The lowest BCUT2D eigenvalue weighted by Crippen LogP contribution is -2.54. The number of carbonyl (C=O) groups excluding carboxylic acids is 4. The Hall–Kier alpha value is -2.42. The lowest BCUT2D eigenvalue weighted by molar-refractivity contribution is -0.136. The molecule has 8 nitrogen and oxygen atoms in total. The average molecular weight is 436 g/mol. The second-order valence-electron chi connectivity index (χ2n) is 7.90. The lowest BCUT2D eigenvalue weighted by Gasteiger charge is -2.36. The molecule has 1 aromatic heterocycles. The Morgan fingerprint density at radius 3 is 2.67 bits per heavy atom. The molecule has 1 saturated heterocycles. The van der Waals surface area contributed by atoms with E-state index in [1.165, 1.54) is 11.3 Å². The standard InChI is InChI=1S/C21H29N3O5S/c1-5-14-13(4)30-17(16(14)18(26)29-6-2)22-15(25)11-24-19(27)21(23-20(24)28)10-8-7-9-12(21)3/h12H,5-11H2,1-4H3,(H,22,25)(H,23,28)/t12-,21+/m0/s1. The molecule has 0 aromatic carbocycles. The number of anilines is 1. The number of hydrogen-bond acceptors (Lipinski definition) is 6. The topological polar surface area (TPSA) is 105 Å². The maximum atomic E-state index is 13.0. The van der Waals surface area contributed by atoms with Gasteiger partial charge in [-0.15, -0.1) is 11.3 Å². The largest absolute Gasteiger partial charge is 0.462 e. The third-order valence-electron chi connectivity index (χ3n) is 6.10. The minimum absolute atomic E-state index is 0.0261. The van der Waals surface area contributed by atoms with Crippen LogP contribution in [0.3, 0.4) is 0 Å². The quantitative estimate of drug-likeness (QED) is 0.527. The Labute approximate surface area is 180 Å². The number of esters is 1. The van der Waals surface area contributed by atoms with Crippen molar-refractivity contribution < 1.29 is 23.9 Å². The summed E-state index contributed by atoms with van der Waals surface area (Å²) in [5.41, 5.74) is 0.282. The molecule has 9 heteroatoms. The van der Waals surface area contributed by atoms with Crippen LogP contribution in [0.25, 0.3) is 0 Å². The number of nitrogens with zero attached hydrogens (tertiary/aromatic N) is 1. The summed E-state index contributed by atoms with van der Waals surface area (Å²) in [4.78, 5) is 52.6. The first-order chi connectivity index (χ1) is 14.2. The first kappa shape index (κ1) is 22.3.